The standard InChI is InChI=1S/C23H20Cl2N4O2/c1-12(2)21-23(16-7-6-15(25)9-18(16)26-22(23)31)17(13-4-3-5-14(24)8-13)10-19-27-28-20(30)11-29(19)21/h3-9,17,21H,1,10-11H2,2H3,(H,26,31)(H,28,30)/t17-,21+,23+/m1/s1. The molecule has 1 fully saturated rings. The number of nitrogens with zero attached hydrogens (tertiary/aromatic N) is 2. The molecule has 1 saturated heterocycles. The second-order valence-electron chi connectivity index (χ2n) is 8.26. The van der Waals surface area contributed by atoms with Crippen LogP contribution in [0.25, 0.3) is 0 Å². The maximum atomic E-state index is 13.9. The Labute approximate surface area is 189 Å². The van der Waals surface area contributed by atoms with E-state index in [0.29, 0.717) is 22.2 Å². The maximum absolute atomic E-state index is 13.9. The Morgan fingerprint density at radius 2 is 1.97 bits per heavy atom. The molecule has 0 aliphatic carbocycles. The van der Waals surface area contributed by atoms with Crippen molar-refractivity contribution in [2.75, 3.05) is 11.9 Å². The van der Waals surface area contributed by atoms with Crippen LogP contribution in [0, 0.1) is 0 Å². The number of hydrogen-bond donors (Lipinski definition) is 2. The highest BCUT2D eigenvalue weighted by Gasteiger charge is 2.63. The quantitative estimate of drug-likeness (QED) is 0.671. The first kappa shape index (κ1) is 20.1. The van der Waals surface area contributed by atoms with Crippen molar-refractivity contribution in [3.63, 3.8) is 0 Å². The van der Waals surface area contributed by atoms with E-state index in [1.54, 1.807) is 12.1 Å². The van der Waals surface area contributed by atoms with Crippen LogP contribution in [0.2, 0.25) is 10.0 Å². The molecule has 0 saturated carbocycles. The van der Waals surface area contributed by atoms with Crippen molar-refractivity contribution in [2.45, 2.75) is 30.7 Å². The van der Waals surface area contributed by atoms with E-state index in [-0.39, 0.29) is 24.3 Å². The Morgan fingerprint density at radius 3 is 2.71 bits per heavy atom. The Bertz CT molecular complexity index is 1180. The lowest BCUT2D eigenvalue weighted by Gasteiger charge is -2.53. The Hall–Kier alpha value is -2.83. The molecule has 0 aromatic heterocycles. The van der Waals surface area contributed by atoms with Gasteiger partial charge in [-0.15, -0.1) is 0 Å². The van der Waals surface area contributed by atoms with Gasteiger partial charge in [-0.1, -0.05) is 53.6 Å². The summed E-state index contributed by atoms with van der Waals surface area (Å²) in [5.74, 6) is 0.0765. The molecule has 0 radical (unpaired) electrons. The molecular formula is C23H20Cl2N4O2. The smallest absolute Gasteiger partial charge is 0.259 e. The van der Waals surface area contributed by atoms with Crippen LogP contribution in [0.3, 0.4) is 0 Å². The molecule has 31 heavy (non-hydrogen) atoms. The van der Waals surface area contributed by atoms with Crippen molar-refractivity contribution in [3.05, 3.63) is 75.8 Å². The summed E-state index contributed by atoms with van der Waals surface area (Å²) >= 11 is 12.6. The number of piperidine rings is 1. The van der Waals surface area contributed by atoms with Crippen molar-refractivity contribution in [1.82, 2.24) is 10.3 Å². The van der Waals surface area contributed by atoms with Crippen LogP contribution in [0.1, 0.15) is 30.4 Å². The molecule has 3 atom stereocenters. The summed E-state index contributed by atoms with van der Waals surface area (Å²) in [5, 5.41) is 8.50. The van der Waals surface area contributed by atoms with Gasteiger partial charge in [0.1, 0.15) is 17.8 Å². The maximum Gasteiger partial charge on any atom is 0.259 e. The molecule has 6 nitrogen and oxygen atoms in total. The van der Waals surface area contributed by atoms with E-state index in [2.05, 4.69) is 22.4 Å². The zero-order valence-corrected chi connectivity index (χ0v) is 18.3. The minimum absolute atomic E-state index is 0.108. The van der Waals surface area contributed by atoms with Gasteiger partial charge in [0, 0.05) is 28.1 Å². The van der Waals surface area contributed by atoms with Crippen LogP contribution in [-0.2, 0) is 15.0 Å². The molecule has 1 spiro atoms. The fourth-order valence-corrected chi connectivity index (χ4v) is 5.73. The van der Waals surface area contributed by atoms with Crippen molar-refractivity contribution in [3.8, 4) is 0 Å². The first-order chi connectivity index (χ1) is 14.8. The zero-order valence-electron chi connectivity index (χ0n) is 16.8. The number of anilines is 1. The number of carbonyl (C=O) groups is 2. The van der Waals surface area contributed by atoms with Gasteiger partial charge in [-0.05, 0) is 42.3 Å². The number of amidine groups is 1. The topological polar surface area (TPSA) is 73.8 Å². The number of benzene rings is 2. The van der Waals surface area contributed by atoms with Gasteiger partial charge in [-0.25, -0.2) is 5.43 Å². The molecule has 8 heteroatoms. The molecular weight excluding hydrogens is 435 g/mol. The molecule has 2 aromatic rings. The van der Waals surface area contributed by atoms with Crippen LogP contribution < -0.4 is 10.7 Å². The van der Waals surface area contributed by atoms with E-state index in [4.69, 9.17) is 23.2 Å². The summed E-state index contributed by atoms with van der Waals surface area (Å²) in [4.78, 5) is 28.0. The van der Waals surface area contributed by atoms with Gasteiger partial charge in [0.05, 0.1) is 6.04 Å². The molecule has 0 bridgehead atoms. The molecule has 2 amide bonds. The lowest BCUT2D eigenvalue weighted by molar-refractivity contribution is -0.127. The average Bonchev–Trinajstić information content (AvgIpc) is 2.98. The first-order valence-corrected chi connectivity index (χ1v) is 10.7. The van der Waals surface area contributed by atoms with Crippen LogP contribution in [-0.4, -0.2) is 35.1 Å². The summed E-state index contributed by atoms with van der Waals surface area (Å²) in [5.41, 5.74) is 4.77. The first-order valence-electron chi connectivity index (χ1n) is 9.96. The normalized spacial score (nSPS) is 26.7. The number of carbonyl (C=O) groups excluding carboxylic acids is 2. The monoisotopic (exact) mass is 454 g/mol. The molecule has 158 valence electrons. The predicted molar refractivity (Wildman–Crippen MR) is 121 cm³/mol. The number of hydrogen-bond acceptors (Lipinski definition) is 4. The zero-order chi connectivity index (χ0) is 21.9. The van der Waals surface area contributed by atoms with Gasteiger partial charge < -0.3 is 10.2 Å². The minimum atomic E-state index is -1.02. The van der Waals surface area contributed by atoms with Gasteiger partial charge in [0.25, 0.3) is 5.91 Å². The SMILES string of the molecule is C=C(C)[C@@H]1N2CC(=O)NN=C2C[C@H](c2cccc(Cl)c2)[C@]12C(=O)Nc1cc(Cl)ccc12. The Kier molecular flexibility index (Phi) is 4.61. The second-order valence-corrected chi connectivity index (χ2v) is 9.14. The predicted octanol–water partition coefficient (Wildman–Crippen LogP) is 4.06. The fraction of sp³-hybridized carbons (Fsp3) is 0.261. The minimum Gasteiger partial charge on any atom is -0.341 e. The lowest BCUT2D eigenvalue weighted by Crippen LogP contribution is -2.66. The van der Waals surface area contributed by atoms with Gasteiger partial charge in [0.15, 0.2) is 0 Å². The highest BCUT2D eigenvalue weighted by atomic mass is 35.5. The van der Waals surface area contributed by atoms with Gasteiger partial charge >= 0.3 is 0 Å². The van der Waals surface area contributed by atoms with Gasteiger partial charge in [-0.3, -0.25) is 9.59 Å². The third-order valence-corrected chi connectivity index (χ3v) is 6.87. The highest BCUT2D eigenvalue weighted by Crippen LogP contribution is 2.56. The molecule has 2 N–H and O–H groups in total. The summed E-state index contributed by atoms with van der Waals surface area (Å²) < 4.78 is 0. The second kappa shape index (κ2) is 7.11. The van der Waals surface area contributed by atoms with Crippen LogP contribution in [0.4, 0.5) is 5.69 Å². The van der Waals surface area contributed by atoms with E-state index in [1.807, 2.05) is 42.2 Å². The molecule has 0 unspecified atom stereocenters. The summed E-state index contributed by atoms with van der Waals surface area (Å²) in [6.45, 7) is 6.22. The Balaban J connectivity index is 1.82. The van der Waals surface area contributed by atoms with Crippen LogP contribution in [0.5, 0.6) is 0 Å². The Morgan fingerprint density at radius 1 is 1.19 bits per heavy atom. The molecule has 2 aromatic carbocycles. The van der Waals surface area contributed by atoms with Crippen molar-refractivity contribution >= 4 is 46.5 Å². The number of amides is 2. The molecule has 3 aliphatic heterocycles. The largest absolute Gasteiger partial charge is 0.341 e. The molecule has 5 rings (SSSR count). The van der Waals surface area contributed by atoms with E-state index in [0.717, 1.165) is 22.5 Å². The summed E-state index contributed by atoms with van der Waals surface area (Å²) in [6, 6.07) is 12.5. The van der Waals surface area contributed by atoms with Gasteiger partial charge in [-0.2, -0.15) is 5.10 Å². The summed E-state index contributed by atoms with van der Waals surface area (Å²) in [7, 11) is 0. The number of fused-ring (bicyclic) bond motifs is 3. The van der Waals surface area contributed by atoms with Crippen LogP contribution >= 0.6 is 23.2 Å². The van der Waals surface area contributed by atoms with E-state index in [9.17, 15) is 9.59 Å². The molecule has 3 aliphatic rings. The van der Waals surface area contributed by atoms with Crippen molar-refractivity contribution in [1.29, 1.82) is 0 Å². The average molecular weight is 455 g/mol. The van der Waals surface area contributed by atoms with Crippen LogP contribution in [0.15, 0.2) is 59.7 Å². The molecule has 3 heterocycles. The number of hydrazone groups is 1. The highest BCUT2D eigenvalue weighted by molar-refractivity contribution is 6.31. The summed E-state index contributed by atoms with van der Waals surface area (Å²) in [6.07, 6.45) is 0.458. The fourth-order valence-electron chi connectivity index (χ4n) is 5.36. The van der Waals surface area contributed by atoms with E-state index >= 15 is 0 Å². The third-order valence-electron chi connectivity index (χ3n) is 6.40. The number of halogens is 2. The van der Waals surface area contributed by atoms with E-state index in [1.165, 1.54) is 0 Å². The van der Waals surface area contributed by atoms with E-state index < -0.39 is 11.5 Å². The van der Waals surface area contributed by atoms with Crippen molar-refractivity contribution < 1.29 is 9.59 Å². The number of rotatable bonds is 2. The number of nitrogens with one attached hydrogen (secondary N) is 2. The lowest BCUT2D eigenvalue weighted by atomic mass is 9.58. The third kappa shape index (κ3) is 2.89. The van der Waals surface area contributed by atoms with Crippen molar-refractivity contribution in [2.24, 2.45) is 5.10 Å². The van der Waals surface area contributed by atoms with Gasteiger partial charge in [0.2, 0.25) is 5.91 Å².